The predicted octanol–water partition coefficient (Wildman–Crippen LogP) is 3.49. The number of anilines is 2. The van der Waals surface area contributed by atoms with Crippen LogP contribution < -0.4 is 25.4 Å². The summed E-state index contributed by atoms with van der Waals surface area (Å²) in [5.41, 5.74) is 2.35. The summed E-state index contributed by atoms with van der Waals surface area (Å²) in [6, 6.07) is 13.1. The van der Waals surface area contributed by atoms with Gasteiger partial charge in [-0.05, 0) is 62.4 Å². The molecule has 1 fully saturated rings. The molecule has 0 heterocycles. The lowest BCUT2D eigenvalue weighted by molar-refractivity contribution is -0.122. The Kier molecular flexibility index (Phi) is 7.54. The Hall–Kier alpha value is -3.22. The molecule has 0 atom stereocenters. The van der Waals surface area contributed by atoms with Crippen LogP contribution in [0.15, 0.2) is 42.5 Å². The Bertz CT molecular complexity index is 879. The fourth-order valence-corrected chi connectivity index (χ4v) is 3.43. The van der Waals surface area contributed by atoms with Gasteiger partial charge in [0.25, 0.3) is 0 Å². The first-order chi connectivity index (χ1) is 14.5. The highest BCUT2D eigenvalue weighted by Crippen LogP contribution is 2.29. The molecule has 2 aromatic rings. The monoisotopic (exact) mass is 411 g/mol. The standard InChI is InChI=1S/C23H29N3O4/c1-16-11-12-20(29-2)19(13-16)26-23(28)15-25-22(27)14-24-18-9-5-6-10-21(18)30-17-7-3-4-8-17/h5-6,9-13,17,24H,3-4,7-8,14-15H2,1-2H3,(H,25,27)(H,26,28). The number of hydrogen-bond donors (Lipinski definition) is 3. The van der Waals surface area contributed by atoms with Crippen molar-refractivity contribution in [3.05, 3.63) is 48.0 Å². The average molecular weight is 412 g/mol. The summed E-state index contributed by atoms with van der Waals surface area (Å²) in [5, 5.41) is 8.48. The number of benzene rings is 2. The number of nitrogens with one attached hydrogen (secondary N) is 3. The van der Waals surface area contributed by atoms with Crippen LogP contribution in [0.1, 0.15) is 31.2 Å². The van der Waals surface area contributed by atoms with Gasteiger partial charge in [0.1, 0.15) is 11.5 Å². The highest BCUT2D eigenvalue weighted by molar-refractivity contribution is 5.96. The van der Waals surface area contributed by atoms with Crippen molar-refractivity contribution < 1.29 is 19.1 Å². The molecule has 0 unspecified atom stereocenters. The molecule has 0 aliphatic heterocycles. The Morgan fingerprint density at radius 2 is 1.73 bits per heavy atom. The molecule has 0 bridgehead atoms. The zero-order chi connectivity index (χ0) is 21.3. The molecule has 0 aromatic heterocycles. The van der Waals surface area contributed by atoms with E-state index in [2.05, 4.69) is 16.0 Å². The van der Waals surface area contributed by atoms with E-state index in [1.54, 1.807) is 13.2 Å². The van der Waals surface area contributed by atoms with Crippen LogP contribution in [0.25, 0.3) is 0 Å². The number of ether oxygens (including phenoxy) is 2. The molecule has 2 aromatic carbocycles. The molecule has 1 aliphatic rings. The van der Waals surface area contributed by atoms with Crippen LogP contribution in [0.4, 0.5) is 11.4 Å². The molecule has 1 aliphatic carbocycles. The first kappa shape index (κ1) is 21.5. The number of methoxy groups -OCH3 is 1. The number of aryl methyl sites for hydroxylation is 1. The van der Waals surface area contributed by atoms with Gasteiger partial charge in [0.15, 0.2) is 0 Å². The van der Waals surface area contributed by atoms with Crippen LogP contribution in [0.2, 0.25) is 0 Å². The number of carbonyl (C=O) groups excluding carboxylic acids is 2. The molecule has 2 amide bonds. The summed E-state index contributed by atoms with van der Waals surface area (Å²) in [6.07, 6.45) is 4.76. The van der Waals surface area contributed by atoms with E-state index in [9.17, 15) is 9.59 Å². The third-order valence-corrected chi connectivity index (χ3v) is 5.00. The summed E-state index contributed by atoms with van der Waals surface area (Å²) in [7, 11) is 1.54. The van der Waals surface area contributed by atoms with Crippen LogP contribution in [0.5, 0.6) is 11.5 Å². The summed E-state index contributed by atoms with van der Waals surface area (Å²) in [4.78, 5) is 24.4. The number of carbonyl (C=O) groups is 2. The van der Waals surface area contributed by atoms with Crippen molar-refractivity contribution in [2.24, 2.45) is 0 Å². The molecule has 0 saturated heterocycles. The molecule has 30 heavy (non-hydrogen) atoms. The molecular weight excluding hydrogens is 382 g/mol. The number of rotatable bonds is 9. The van der Waals surface area contributed by atoms with Gasteiger partial charge < -0.3 is 25.4 Å². The Morgan fingerprint density at radius 3 is 2.50 bits per heavy atom. The Labute approximate surface area is 177 Å². The second-order valence-electron chi connectivity index (χ2n) is 7.40. The van der Waals surface area contributed by atoms with Gasteiger partial charge >= 0.3 is 0 Å². The lowest BCUT2D eigenvalue weighted by Crippen LogP contribution is -2.36. The molecule has 0 radical (unpaired) electrons. The minimum absolute atomic E-state index is 0.0477. The summed E-state index contributed by atoms with van der Waals surface area (Å²) < 4.78 is 11.3. The van der Waals surface area contributed by atoms with Crippen molar-refractivity contribution >= 4 is 23.2 Å². The van der Waals surface area contributed by atoms with Crippen LogP contribution in [0, 0.1) is 6.92 Å². The second-order valence-corrected chi connectivity index (χ2v) is 7.40. The van der Waals surface area contributed by atoms with Gasteiger partial charge in [-0.2, -0.15) is 0 Å². The second kappa shape index (κ2) is 10.5. The first-order valence-electron chi connectivity index (χ1n) is 10.3. The zero-order valence-corrected chi connectivity index (χ0v) is 17.5. The van der Waals surface area contributed by atoms with Crippen molar-refractivity contribution in [1.29, 1.82) is 0 Å². The van der Waals surface area contributed by atoms with Gasteiger partial charge in [0.2, 0.25) is 11.8 Å². The smallest absolute Gasteiger partial charge is 0.243 e. The molecule has 160 valence electrons. The van der Waals surface area contributed by atoms with Gasteiger partial charge in [-0.3, -0.25) is 9.59 Å². The van der Waals surface area contributed by atoms with Crippen molar-refractivity contribution in [2.75, 3.05) is 30.8 Å². The first-order valence-corrected chi connectivity index (χ1v) is 10.3. The molecule has 3 rings (SSSR count). The predicted molar refractivity (Wildman–Crippen MR) is 117 cm³/mol. The maximum absolute atomic E-state index is 12.2. The largest absolute Gasteiger partial charge is 0.495 e. The molecule has 7 heteroatoms. The number of amides is 2. The topological polar surface area (TPSA) is 88.7 Å². The van der Waals surface area contributed by atoms with Gasteiger partial charge in [-0.1, -0.05) is 18.2 Å². The maximum atomic E-state index is 12.2. The van der Waals surface area contributed by atoms with Gasteiger partial charge in [-0.25, -0.2) is 0 Å². The molecule has 7 nitrogen and oxygen atoms in total. The van der Waals surface area contributed by atoms with E-state index >= 15 is 0 Å². The number of hydrogen-bond acceptors (Lipinski definition) is 5. The Balaban J connectivity index is 1.46. The van der Waals surface area contributed by atoms with Gasteiger partial charge in [0, 0.05) is 0 Å². The quantitative estimate of drug-likeness (QED) is 0.588. The van der Waals surface area contributed by atoms with Crippen molar-refractivity contribution in [2.45, 2.75) is 38.7 Å². The van der Waals surface area contributed by atoms with Gasteiger partial charge in [-0.15, -0.1) is 0 Å². The van der Waals surface area contributed by atoms with Crippen molar-refractivity contribution in [3.63, 3.8) is 0 Å². The average Bonchev–Trinajstić information content (AvgIpc) is 3.25. The van der Waals surface area contributed by atoms with Gasteiger partial charge in [0.05, 0.1) is 37.7 Å². The minimum Gasteiger partial charge on any atom is -0.495 e. The normalized spacial score (nSPS) is 13.5. The maximum Gasteiger partial charge on any atom is 0.243 e. The fraction of sp³-hybridized carbons (Fsp3) is 0.391. The fourth-order valence-electron chi connectivity index (χ4n) is 3.43. The summed E-state index contributed by atoms with van der Waals surface area (Å²) in [5.74, 6) is 0.719. The molecule has 1 saturated carbocycles. The van der Waals surface area contributed by atoms with E-state index < -0.39 is 0 Å². The van der Waals surface area contributed by atoms with Crippen LogP contribution in [-0.2, 0) is 9.59 Å². The SMILES string of the molecule is COc1ccc(C)cc1NC(=O)CNC(=O)CNc1ccccc1OC1CCCC1. The minimum atomic E-state index is -0.322. The van der Waals surface area contributed by atoms with E-state index in [0.717, 1.165) is 29.8 Å². The van der Waals surface area contributed by atoms with Crippen molar-refractivity contribution in [3.8, 4) is 11.5 Å². The van der Waals surface area contributed by atoms with E-state index in [1.807, 2.05) is 43.3 Å². The molecule has 0 spiro atoms. The van der Waals surface area contributed by atoms with E-state index in [4.69, 9.17) is 9.47 Å². The van der Waals surface area contributed by atoms with Crippen LogP contribution in [0.3, 0.4) is 0 Å². The number of para-hydroxylation sites is 2. The summed E-state index contributed by atoms with van der Waals surface area (Å²) >= 11 is 0. The zero-order valence-electron chi connectivity index (χ0n) is 17.5. The highest BCUT2D eigenvalue weighted by Gasteiger charge is 2.18. The lowest BCUT2D eigenvalue weighted by atomic mass is 10.2. The van der Waals surface area contributed by atoms with Crippen LogP contribution in [-0.4, -0.2) is 38.1 Å². The van der Waals surface area contributed by atoms with Crippen LogP contribution >= 0.6 is 0 Å². The van der Waals surface area contributed by atoms with E-state index in [0.29, 0.717) is 11.4 Å². The molecular formula is C23H29N3O4. The van der Waals surface area contributed by atoms with E-state index in [-0.39, 0.29) is 31.0 Å². The van der Waals surface area contributed by atoms with E-state index in [1.165, 1.54) is 12.8 Å². The van der Waals surface area contributed by atoms with Crippen molar-refractivity contribution in [1.82, 2.24) is 5.32 Å². The highest BCUT2D eigenvalue weighted by atomic mass is 16.5. The third kappa shape index (κ3) is 6.14. The summed E-state index contributed by atoms with van der Waals surface area (Å²) in [6.45, 7) is 1.85. The molecule has 3 N–H and O–H groups in total. The third-order valence-electron chi connectivity index (χ3n) is 5.00. The lowest BCUT2D eigenvalue weighted by Gasteiger charge is -2.17. The Morgan fingerprint density at radius 1 is 0.967 bits per heavy atom.